The number of nitro groups is 1. The maximum atomic E-state index is 11.4. The lowest BCUT2D eigenvalue weighted by Crippen LogP contribution is -2.20. The molecule has 7 heteroatoms. The summed E-state index contributed by atoms with van der Waals surface area (Å²) in [6.07, 6.45) is 0.249. The highest BCUT2D eigenvalue weighted by atomic mass is 16.6. The molecule has 18 heavy (non-hydrogen) atoms. The third-order valence-electron chi connectivity index (χ3n) is 2.17. The highest BCUT2D eigenvalue weighted by Gasteiger charge is 2.18. The minimum absolute atomic E-state index is 0.0912. The number of carbonyl (C=O) groups is 2. The van der Waals surface area contributed by atoms with Crippen LogP contribution in [-0.4, -0.2) is 23.2 Å². The van der Waals surface area contributed by atoms with Crippen molar-refractivity contribution in [3.05, 3.63) is 33.9 Å². The number of ether oxygens (including phenoxy) is 1. The Morgan fingerprint density at radius 3 is 2.61 bits per heavy atom. The third kappa shape index (κ3) is 3.27. The molecule has 2 N–H and O–H groups in total. The highest BCUT2D eigenvalue weighted by Crippen LogP contribution is 2.28. The van der Waals surface area contributed by atoms with Crippen LogP contribution in [0.1, 0.15) is 23.7 Å². The molecule has 0 fully saturated rings. The number of hydrogen-bond donors (Lipinski definition) is 1. The van der Waals surface area contributed by atoms with Gasteiger partial charge in [-0.15, -0.1) is 0 Å². The second-order valence-electron chi connectivity index (χ2n) is 3.47. The van der Waals surface area contributed by atoms with Gasteiger partial charge in [0.05, 0.1) is 4.92 Å². The van der Waals surface area contributed by atoms with Crippen LogP contribution in [0.3, 0.4) is 0 Å². The van der Waals surface area contributed by atoms with Gasteiger partial charge in [-0.1, -0.05) is 6.92 Å². The number of primary amides is 1. The van der Waals surface area contributed by atoms with E-state index < -0.39 is 17.4 Å². The summed E-state index contributed by atoms with van der Waals surface area (Å²) in [5.74, 6) is -1.04. The fraction of sp³-hybridized carbons (Fsp3) is 0.273. The molecule has 0 aliphatic carbocycles. The molecule has 0 aliphatic heterocycles. The lowest BCUT2D eigenvalue weighted by Gasteiger charge is -2.05. The molecule has 0 saturated carbocycles. The molecule has 96 valence electrons. The molecule has 1 amide bonds. The van der Waals surface area contributed by atoms with Gasteiger partial charge in [-0.25, -0.2) is 0 Å². The Balaban J connectivity index is 3.08. The number of rotatable bonds is 6. The Hall–Kier alpha value is -2.44. The van der Waals surface area contributed by atoms with E-state index in [0.717, 1.165) is 6.07 Å². The van der Waals surface area contributed by atoms with Crippen molar-refractivity contribution < 1.29 is 19.2 Å². The summed E-state index contributed by atoms with van der Waals surface area (Å²) in [5.41, 5.74) is 4.75. The predicted molar refractivity (Wildman–Crippen MR) is 62.4 cm³/mol. The molecular weight excluding hydrogens is 240 g/mol. The van der Waals surface area contributed by atoms with Crippen LogP contribution in [0.4, 0.5) is 5.69 Å². The Labute approximate surface area is 103 Å². The van der Waals surface area contributed by atoms with E-state index in [1.54, 1.807) is 6.92 Å². The zero-order valence-electron chi connectivity index (χ0n) is 9.71. The largest absolute Gasteiger partial charge is 0.477 e. The van der Waals surface area contributed by atoms with E-state index >= 15 is 0 Å². The predicted octanol–water partition coefficient (Wildman–Crippen LogP) is 1.05. The monoisotopic (exact) mass is 252 g/mol. The summed E-state index contributed by atoms with van der Waals surface area (Å²) in [6.45, 7) is 1.20. The fourth-order valence-electron chi connectivity index (χ4n) is 1.31. The number of carbonyl (C=O) groups excluding carboxylic acids is 2. The molecule has 0 unspecified atom stereocenters. The molecule has 1 aromatic carbocycles. The molecular formula is C11H12N2O5. The number of nitrogens with zero attached hydrogens (tertiary/aromatic N) is 1. The molecule has 0 heterocycles. The van der Waals surface area contributed by atoms with Gasteiger partial charge >= 0.3 is 5.69 Å². The van der Waals surface area contributed by atoms with Gasteiger partial charge in [-0.05, 0) is 12.1 Å². The minimum Gasteiger partial charge on any atom is -0.477 e. The highest BCUT2D eigenvalue weighted by molar-refractivity contribution is 5.96. The number of nitro benzene ring substituents is 1. The first kappa shape index (κ1) is 13.6. The maximum Gasteiger partial charge on any atom is 0.311 e. The molecule has 0 atom stereocenters. The molecule has 0 bridgehead atoms. The average molecular weight is 252 g/mol. The Kier molecular flexibility index (Phi) is 4.36. The second kappa shape index (κ2) is 5.76. The molecule has 1 aromatic rings. The van der Waals surface area contributed by atoms with Crippen LogP contribution in [-0.2, 0) is 4.79 Å². The smallest absolute Gasteiger partial charge is 0.311 e. The molecule has 0 saturated heterocycles. The van der Waals surface area contributed by atoms with Crippen LogP contribution in [0.2, 0.25) is 0 Å². The molecule has 0 spiro atoms. The van der Waals surface area contributed by atoms with Crippen molar-refractivity contribution in [2.75, 3.05) is 6.61 Å². The molecule has 7 nitrogen and oxygen atoms in total. The zero-order chi connectivity index (χ0) is 13.7. The van der Waals surface area contributed by atoms with E-state index in [0.29, 0.717) is 0 Å². The van der Waals surface area contributed by atoms with Crippen LogP contribution in [0.15, 0.2) is 18.2 Å². The van der Waals surface area contributed by atoms with E-state index in [-0.39, 0.29) is 29.2 Å². The van der Waals surface area contributed by atoms with Crippen LogP contribution in [0.25, 0.3) is 0 Å². The number of amides is 1. The molecule has 1 rings (SSSR count). The van der Waals surface area contributed by atoms with Crippen LogP contribution in [0, 0.1) is 10.1 Å². The summed E-state index contributed by atoms with van der Waals surface area (Å²) in [5, 5.41) is 10.8. The summed E-state index contributed by atoms with van der Waals surface area (Å²) < 4.78 is 4.90. The maximum absolute atomic E-state index is 11.4. The van der Waals surface area contributed by atoms with Crippen LogP contribution in [0.5, 0.6) is 5.75 Å². The quantitative estimate of drug-likeness (QED) is 0.462. The van der Waals surface area contributed by atoms with Gasteiger partial charge in [0, 0.05) is 18.1 Å². The summed E-state index contributed by atoms with van der Waals surface area (Å²) in [7, 11) is 0. The van der Waals surface area contributed by atoms with Gasteiger partial charge in [0.2, 0.25) is 0 Å². The van der Waals surface area contributed by atoms with Gasteiger partial charge < -0.3 is 10.5 Å². The summed E-state index contributed by atoms with van der Waals surface area (Å²) in [4.78, 5) is 32.1. The SMILES string of the molecule is CCC(=O)c1ccc(OCC(N)=O)c([N+](=O)[O-])c1. The van der Waals surface area contributed by atoms with Crippen molar-refractivity contribution in [1.82, 2.24) is 0 Å². The Bertz CT molecular complexity index is 498. The van der Waals surface area contributed by atoms with Crippen molar-refractivity contribution in [3.63, 3.8) is 0 Å². The van der Waals surface area contributed by atoms with Crippen molar-refractivity contribution in [2.24, 2.45) is 5.73 Å². The molecule has 0 radical (unpaired) electrons. The van der Waals surface area contributed by atoms with Gasteiger partial charge in [0.25, 0.3) is 5.91 Å². The molecule has 0 aromatic heterocycles. The van der Waals surface area contributed by atoms with Crippen molar-refractivity contribution in [3.8, 4) is 5.75 Å². The number of benzene rings is 1. The average Bonchev–Trinajstić information content (AvgIpc) is 2.34. The summed E-state index contributed by atoms with van der Waals surface area (Å²) in [6, 6.07) is 3.82. The fourth-order valence-corrected chi connectivity index (χ4v) is 1.31. The lowest BCUT2D eigenvalue weighted by atomic mass is 10.1. The first-order valence-electron chi connectivity index (χ1n) is 5.18. The normalized spacial score (nSPS) is 9.83. The number of ketones is 1. The van der Waals surface area contributed by atoms with E-state index in [2.05, 4.69) is 0 Å². The van der Waals surface area contributed by atoms with Gasteiger partial charge in [0.1, 0.15) is 0 Å². The van der Waals surface area contributed by atoms with Gasteiger partial charge in [-0.3, -0.25) is 19.7 Å². The lowest BCUT2D eigenvalue weighted by molar-refractivity contribution is -0.385. The van der Waals surface area contributed by atoms with Gasteiger partial charge in [0.15, 0.2) is 18.1 Å². The van der Waals surface area contributed by atoms with E-state index in [1.807, 2.05) is 0 Å². The first-order chi connectivity index (χ1) is 8.45. The van der Waals surface area contributed by atoms with Crippen molar-refractivity contribution in [2.45, 2.75) is 13.3 Å². The second-order valence-corrected chi connectivity index (χ2v) is 3.47. The van der Waals surface area contributed by atoms with E-state index in [1.165, 1.54) is 12.1 Å². The first-order valence-corrected chi connectivity index (χ1v) is 5.18. The van der Waals surface area contributed by atoms with E-state index in [9.17, 15) is 19.7 Å². The topological polar surface area (TPSA) is 113 Å². The van der Waals surface area contributed by atoms with E-state index in [4.69, 9.17) is 10.5 Å². The minimum atomic E-state index is -0.738. The Morgan fingerprint density at radius 1 is 1.44 bits per heavy atom. The Morgan fingerprint density at radius 2 is 2.11 bits per heavy atom. The third-order valence-corrected chi connectivity index (χ3v) is 2.17. The standard InChI is InChI=1S/C11H12N2O5/c1-2-9(14)7-3-4-10(18-6-11(12)15)8(5-7)13(16)17/h3-5H,2,6H2,1H3,(H2,12,15). The number of Topliss-reactive ketones (excluding diaryl/α,β-unsaturated/α-hetero) is 1. The summed E-state index contributed by atoms with van der Waals surface area (Å²) >= 11 is 0. The van der Waals surface area contributed by atoms with Crippen molar-refractivity contribution in [1.29, 1.82) is 0 Å². The number of nitrogens with two attached hydrogens (primary N) is 1. The van der Waals surface area contributed by atoms with Crippen molar-refractivity contribution >= 4 is 17.4 Å². The number of hydrogen-bond acceptors (Lipinski definition) is 5. The molecule has 0 aliphatic rings. The van der Waals surface area contributed by atoms with Crippen LogP contribution < -0.4 is 10.5 Å². The zero-order valence-corrected chi connectivity index (χ0v) is 9.71. The van der Waals surface area contributed by atoms with Crippen LogP contribution >= 0.6 is 0 Å². The van der Waals surface area contributed by atoms with Gasteiger partial charge in [-0.2, -0.15) is 0 Å².